The lowest BCUT2D eigenvalue weighted by Crippen LogP contribution is -2.30. The van der Waals surface area contributed by atoms with Crippen LogP contribution in [0.25, 0.3) is 0 Å². The summed E-state index contributed by atoms with van der Waals surface area (Å²) in [5.74, 6) is 1.18. The Kier molecular flexibility index (Phi) is 2.99. The van der Waals surface area contributed by atoms with Crippen LogP contribution in [0, 0.1) is 5.41 Å². The zero-order chi connectivity index (χ0) is 11.6. The minimum atomic E-state index is 0.334. The fraction of sp³-hybridized carbons (Fsp3) is 0.667. The van der Waals surface area contributed by atoms with Gasteiger partial charge < -0.3 is 11.1 Å². The van der Waals surface area contributed by atoms with E-state index in [2.05, 4.69) is 29.1 Å². The molecule has 1 aliphatic rings. The van der Waals surface area contributed by atoms with Crippen LogP contribution in [0.4, 0.5) is 11.8 Å². The van der Waals surface area contributed by atoms with Gasteiger partial charge in [-0.25, -0.2) is 4.98 Å². The second-order valence-corrected chi connectivity index (χ2v) is 5.38. The van der Waals surface area contributed by atoms with Gasteiger partial charge in [-0.15, -0.1) is 0 Å². The second-order valence-electron chi connectivity index (χ2n) is 5.38. The van der Waals surface area contributed by atoms with Crippen LogP contribution in [-0.2, 0) is 0 Å². The molecule has 1 aromatic heterocycles. The maximum Gasteiger partial charge on any atom is 0.221 e. The van der Waals surface area contributed by atoms with Gasteiger partial charge in [-0.05, 0) is 37.2 Å². The van der Waals surface area contributed by atoms with Crippen molar-refractivity contribution in [2.24, 2.45) is 5.41 Å². The molecule has 0 aromatic carbocycles. The van der Waals surface area contributed by atoms with Crippen molar-refractivity contribution in [3.05, 3.63) is 12.3 Å². The summed E-state index contributed by atoms with van der Waals surface area (Å²) in [4.78, 5) is 8.04. The number of nitrogens with one attached hydrogen (secondary N) is 1. The molecule has 1 aliphatic carbocycles. The summed E-state index contributed by atoms with van der Waals surface area (Å²) in [6, 6.07) is 2.40. The lowest BCUT2D eigenvalue weighted by molar-refractivity contribution is 0.232. The van der Waals surface area contributed by atoms with E-state index in [9.17, 15) is 0 Å². The first-order valence-electron chi connectivity index (χ1n) is 5.90. The van der Waals surface area contributed by atoms with E-state index in [1.54, 1.807) is 6.20 Å². The summed E-state index contributed by atoms with van der Waals surface area (Å²) in [7, 11) is 0. The van der Waals surface area contributed by atoms with Crippen molar-refractivity contribution in [1.29, 1.82) is 0 Å². The Balaban J connectivity index is 1.92. The van der Waals surface area contributed by atoms with E-state index in [0.29, 0.717) is 17.4 Å². The normalized spacial score (nSPS) is 20.6. The van der Waals surface area contributed by atoms with E-state index in [4.69, 9.17) is 5.73 Å². The number of nitrogens with two attached hydrogens (primary N) is 1. The summed E-state index contributed by atoms with van der Waals surface area (Å²) >= 11 is 0. The predicted octanol–water partition coefficient (Wildman–Crippen LogP) is 2.44. The molecule has 4 heteroatoms. The number of anilines is 2. The third-order valence-electron chi connectivity index (χ3n) is 3.37. The van der Waals surface area contributed by atoms with Crippen molar-refractivity contribution in [3.8, 4) is 0 Å². The quantitative estimate of drug-likeness (QED) is 0.803. The van der Waals surface area contributed by atoms with Gasteiger partial charge in [-0.3, -0.25) is 0 Å². The molecular formula is C12H20N4. The molecule has 1 aromatic rings. The highest BCUT2D eigenvalue weighted by Gasteiger charge is 2.26. The molecule has 0 aliphatic heterocycles. The number of nitrogen functional groups attached to an aromatic ring is 1. The molecule has 3 N–H and O–H groups in total. The second kappa shape index (κ2) is 4.28. The summed E-state index contributed by atoms with van der Waals surface area (Å²) in [6.45, 7) is 4.68. The summed E-state index contributed by atoms with van der Waals surface area (Å²) in [6.07, 6.45) is 6.64. The number of nitrogens with zero attached hydrogens (tertiary/aromatic N) is 2. The zero-order valence-electron chi connectivity index (χ0n) is 10.0. The number of hydrogen-bond acceptors (Lipinski definition) is 4. The average molecular weight is 220 g/mol. The van der Waals surface area contributed by atoms with E-state index < -0.39 is 0 Å². The highest BCUT2D eigenvalue weighted by molar-refractivity contribution is 5.38. The Morgan fingerprint density at radius 2 is 2.06 bits per heavy atom. The molecule has 1 fully saturated rings. The summed E-state index contributed by atoms with van der Waals surface area (Å²) in [5, 5.41) is 3.43. The van der Waals surface area contributed by atoms with E-state index in [1.807, 2.05) is 6.07 Å². The van der Waals surface area contributed by atoms with Crippen molar-refractivity contribution in [2.75, 3.05) is 11.1 Å². The fourth-order valence-electron chi connectivity index (χ4n) is 2.21. The fourth-order valence-corrected chi connectivity index (χ4v) is 2.21. The molecule has 0 unspecified atom stereocenters. The van der Waals surface area contributed by atoms with E-state index in [-0.39, 0.29) is 0 Å². The van der Waals surface area contributed by atoms with Crippen molar-refractivity contribution in [2.45, 2.75) is 45.6 Å². The molecule has 0 atom stereocenters. The minimum absolute atomic E-state index is 0.334. The van der Waals surface area contributed by atoms with Crippen LogP contribution in [0.5, 0.6) is 0 Å². The average Bonchev–Trinajstić information content (AvgIpc) is 2.21. The van der Waals surface area contributed by atoms with Gasteiger partial charge in [0.05, 0.1) is 0 Å². The van der Waals surface area contributed by atoms with Gasteiger partial charge in [0.2, 0.25) is 5.95 Å². The summed E-state index contributed by atoms with van der Waals surface area (Å²) in [5.41, 5.74) is 6.05. The molecule has 0 amide bonds. The molecule has 1 saturated carbocycles. The third-order valence-corrected chi connectivity index (χ3v) is 3.37. The van der Waals surface area contributed by atoms with Gasteiger partial charge in [-0.1, -0.05) is 13.8 Å². The Morgan fingerprint density at radius 1 is 1.38 bits per heavy atom. The van der Waals surface area contributed by atoms with Crippen LogP contribution in [0.1, 0.15) is 39.5 Å². The molecule has 16 heavy (non-hydrogen) atoms. The molecule has 2 rings (SSSR count). The Bertz CT molecular complexity index is 352. The number of rotatable bonds is 2. The van der Waals surface area contributed by atoms with Crippen LogP contribution < -0.4 is 11.1 Å². The van der Waals surface area contributed by atoms with Crippen LogP contribution in [0.3, 0.4) is 0 Å². The van der Waals surface area contributed by atoms with Crippen molar-refractivity contribution < 1.29 is 0 Å². The molecule has 0 radical (unpaired) electrons. The van der Waals surface area contributed by atoms with Crippen molar-refractivity contribution in [3.63, 3.8) is 0 Å². The maximum atomic E-state index is 5.54. The van der Waals surface area contributed by atoms with E-state index in [0.717, 1.165) is 5.82 Å². The van der Waals surface area contributed by atoms with E-state index >= 15 is 0 Å². The standard InChI is InChI=1S/C12H20N4/c1-12(2)6-3-9(4-7-12)15-10-5-8-14-11(13)16-10/h5,8-9H,3-4,6-7H2,1-2H3,(H3,13,14,15,16). The van der Waals surface area contributed by atoms with Crippen LogP contribution >= 0.6 is 0 Å². The van der Waals surface area contributed by atoms with Gasteiger partial charge in [0.25, 0.3) is 0 Å². The largest absolute Gasteiger partial charge is 0.368 e. The van der Waals surface area contributed by atoms with E-state index in [1.165, 1.54) is 25.7 Å². The first kappa shape index (κ1) is 11.2. The first-order chi connectivity index (χ1) is 7.55. The van der Waals surface area contributed by atoms with Gasteiger partial charge in [0.1, 0.15) is 5.82 Å². The molecule has 88 valence electrons. The van der Waals surface area contributed by atoms with Gasteiger partial charge in [-0.2, -0.15) is 4.98 Å². The topological polar surface area (TPSA) is 63.8 Å². The van der Waals surface area contributed by atoms with Crippen molar-refractivity contribution >= 4 is 11.8 Å². The molecule has 0 bridgehead atoms. The smallest absolute Gasteiger partial charge is 0.221 e. The maximum absolute atomic E-state index is 5.54. The number of aromatic nitrogens is 2. The van der Waals surface area contributed by atoms with Crippen LogP contribution in [-0.4, -0.2) is 16.0 Å². The number of hydrogen-bond donors (Lipinski definition) is 2. The van der Waals surface area contributed by atoms with Crippen molar-refractivity contribution in [1.82, 2.24) is 9.97 Å². The predicted molar refractivity (Wildman–Crippen MR) is 66.1 cm³/mol. The molecular weight excluding hydrogens is 200 g/mol. The highest BCUT2D eigenvalue weighted by atomic mass is 15.1. The minimum Gasteiger partial charge on any atom is -0.368 e. The Morgan fingerprint density at radius 3 is 2.69 bits per heavy atom. The lowest BCUT2D eigenvalue weighted by atomic mass is 9.75. The van der Waals surface area contributed by atoms with Gasteiger partial charge >= 0.3 is 0 Å². The zero-order valence-corrected chi connectivity index (χ0v) is 10.0. The monoisotopic (exact) mass is 220 g/mol. The molecule has 4 nitrogen and oxygen atoms in total. The molecule has 0 saturated heterocycles. The molecule has 0 spiro atoms. The van der Waals surface area contributed by atoms with Gasteiger partial charge in [0, 0.05) is 12.2 Å². The Hall–Kier alpha value is -1.32. The first-order valence-corrected chi connectivity index (χ1v) is 5.90. The highest BCUT2D eigenvalue weighted by Crippen LogP contribution is 2.35. The molecule has 1 heterocycles. The summed E-state index contributed by atoms with van der Waals surface area (Å²) < 4.78 is 0. The van der Waals surface area contributed by atoms with Crippen LogP contribution in [0.15, 0.2) is 12.3 Å². The van der Waals surface area contributed by atoms with Crippen LogP contribution in [0.2, 0.25) is 0 Å². The van der Waals surface area contributed by atoms with Gasteiger partial charge in [0.15, 0.2) is 0 Å². The Labute approximate surface area is 96.7 Å². The third kappa shape index (κ3) is 2.84. The lowest BCUT2D eigenvalue weighted by Gasteiger charge is -2.34. The SMILES string of the molecule is CC1(C)CCC(Nc2ccnc(N)n2)CC1.